The third kappa shape index (κ3) is 4.82. The molecule has 0 fully saturated rings. The Hall–Kier alpha value is -6.64. The van der Waals surface area contributed by atoms with Crippen LogP contribution in [0, 0.1) is 0 Å². The molecule has 2 heteroatoms. The molecule has 0 atom stereocenters. The molecule has 0 N–H and O–H groups in total. The molecule has 56 heavy (non-hydrogen) atoms. The molecule has 0 bridgehead atoms. The topological polar surface area (TPSA) is 25.8 Å². The van der Waals surface area contributed by atoms with Gasteiger partial charge in [0, 0.05) is 27.5 Å². The van der Waals surface area contributed by atoms with Gasteiger partial charge in [0.15, 0.2) is 5.82 Å². The highest BCUT2D eigenvalue weighted by atomic mass is 14.9. The first-order chi connectivity index (χ1) is 27.3. The zero-order valence-electron chi connectivity index (χ0n) is 32.1. The first kappa shape index (κ1) is 32.8. The van der Waals surface area contributed by atoms with Gasteiger partial charge < -0.3 is 0 Å². The first-order valence-electron chi connectivity index (χ1n) is 19.7. The third-order valence-electron chi connectivity index (χ3n) is 12.7. The molecule has 0 amide bonds. The highest BCUT2D eigenvalue weighted by molar-refractivity contribution is 6.05. The lowest BCUT2D eigenvalue weighted by atomic mass is 9.81. The largest absolute Gasteiger partial charge is 0.228 e. The van der Waals surface area contributed by atoms with E-state index >= 15 is 0 Å². The SMILES string of the molecule is CC1(C)c2ccccc2-c2cc(-c3cc(-c4ccccc4)nc(-c4ccc(-c5ccc6c(c5)-c5cc7ccccc7cc5C6(C)C)c5ccccc45)n3)ccc21. The Balaban J connectivity index is 1.07. The number of rotatable bonds is 4. The standard InChI is InChI=1S/C54H40N2/c1-53(2)46-21-13-12-20-41(46)43-30-37(23-27-47(43)53)51-32-50(33-14-6-5-7-15-33)55-52(56-51)42-25-24-38(39-18-10-11-19-40(39)42)36-22-26-48-44(29-36)45-28-34-16-8-9-17-35(34)31-49(45)54(48,3)4/h5-32H,1-4H3. The van der Waals surface area contributed by atoms with E-state index in [9.17, 15) is 0 Å². The minimum atomic E-state index is -0.0730. The number of benzene rings is 8. The Bertz CT molecular complexity index is 3080. The van der Waals surface area contributed by atoms with Gasteiger partial charge in [-0.05, 0) is 114 Å². The van der Waals surface area contributed by atoms with Crippen LogP contribution in [-0.2, 0) is 10.8 Å². The summed E-state index contributed by atoms with van der Waals surface area (Å²) in [7, 11) is 0. The number of hydrogen-bond donors (Lipinski definition) is 0. The van der Waals surface area contributed by atoms with Crippen molar-refractivity contribution in [1.29, 1.82) is 0 Å². The van der Waals surface area contributed by atoms with Crippen molar-refractivity contribution in [3.63, 3.8) is 0 Å². The summed E-state index contributed by atoms with van der Waals surface area (Å²) < 4.78 is 0. The molecule has 0 saturated heterocycles. The Morgan fingerprint density at radius 2 is 0.839 bits per heavy atom. The Morgan fingerprint density at radius 1 is 0.321 bits per heavy atom. The summed E-state index contributed by atoms with van der Waals surface area (Å²) >= 11 is 0. The second-order valence-corrected chi connectivity index (χ2v) is 16.6. The van der Waals surface area contributed by atoms with Gasteiger partial charge in [-0.2, -0.15) is 0 Å². The molecule has 11 rings (SSSR count). The van der Waals surface area contributed by atoms with Gasteiger partial charge in [-0.3, -0.25) is 0 Å². The molecule has 2 aliphatic rings. The Kier molecular flexibility index (Phi) is 6.98. The molecule has 1 aromatic heterocycles. The second kappa shape index (κ2) is 11.9. The van der Waals surface area contributed by atoms with E-state index in [2.05, 4.69) is 198 Å². The Morgan fingerprint density at radius 3 is 1.61 bits per heavy atom. The zero-order chi connectivity index (χ0) is 37.8. The van der Waals surface area contributed by atoms with Crippen LogP contribution in [0.2, 0.25) is 0 Å². The summed E-state index contributed by atoms with van der Waals surface area (Å²) in [5.74, 6) is 0.724. The predicted molar refractivity (Wildman–Crippen MR) is 234 cm³/mol. The van der Waals surface area contributed by atoms with Gasteiger partial charge in [-0.25, -0.2) is 9.97 Å². The summed E-state index contributed by atoms with van der Waals surface area (Å²) in [6, 6.07) is 62.1. The highest BCUT2D eigenvalue weighted by Gasteiger charge is 2.37. The number of fused-ring (bicyclic) bond motifs is 8. The predicted octanol–water partition coefficient (Wildman–Crippen LogP) is 14.1. The normalized spacial score (nSPS) is 14.4. The van der Waals surface area contributed by atoms with Gasteiger partial charge in [-0.1, -0.05) is 161 Å². The molecule has 9 aromatic rings. The van der Waals surface area contributed by atoms with Crippen LogP contribution in [0.1, 0.15) is 49.9 Å². The van der Waals surface area contributed by atoms with Crippen LogP contribution in [-0.4, -0.2) is 9.97 Å². The fraction of sp³-hybridized carbons (Fsp3) is 0.111. The number of aromatic nitrogens is 2. The zero-order valence-corrected chi connectivity index (χ0v) is 32.1. The van der Waals surface area contributed by atoms with Crippen LogP contribution in [0.3, 0.4) is 0 Å². The molecule has 0 saturated carbocycles. The smallest absolute Gasteiger partial charge is 0.161 e. The molecule has 0 radical (unpaired) electrons. The van der Waals surface area contributed by atoms with E-state index in [0.29, 0.717) is 0 Å². The average Bonchev–Trinajstić information content (AvgIpc) is 3.60. The molecule has 0 aliphatic heterocycles. The maximum absolute atomic E-state index is 5.37. The Labute approximate surface area is 328 Å². The lowest BCUT2D eigenvalue weighted by molar-refractivity contribution is 0.660. The minimum absolute atomic E-state index is 0.0516. The van der Waals surface area contributed by atoms with E-state index in [0.717, 1.165) is 39.3 Å². The van der Waals surface area contributed by atoms with Crippen LogP contribution in [0.15, 0.2) is 170 Å². The van der Waals surface area contributed by atoms with E-state index in [-0.39, 0.29) is 10.8 Å². The van der Waals surface area contributed by atoms with Crippen molar-refractivity contribution in [2.24, 2.45) is 0 Å². The summed E-state index contributed by atoms with van der Waals surface area (Å²) in [6.07, 6.45) is 0. The van der Waals surface area contributed by atoms with Crippen molar-refractivity contribution in [3.8, 4) is 67.3 Å². The summed E-state index contributed by atoms with van der Waals surface area (Å²) in [6.45, 7) is 9.37. The lowest BCUT2D eigenvalue weighted by Gasteiger charge is -2.22. The monoisotopic (exact) mass is 716 g/mol. The van der Waals surface area contributed by atoms with Gasteiger partial charge >= 0.3 is 0 Å². The summed E-state index contributed by atoms with van der Waals surface area (Å²) in [5.41, 5.74) is 18.1. The molecule has 2 aliphatic carbocycles. The van der Waals surface area contributed by atoms with Gasteiger partial charge in [0.05, 0.1) is 11.4 Å². The fourth-order valence-corrected chi connectivity index (χ4v) is 9.70. The van der Waals surface area contributed by atoms with E-state index in [1.165, 1.54) is 71.8 Å². The van der Waals surface area contributed by atoms with E-state index in [1.807, 2.05) is 0 Å². The van der Waals surface area contributed by atoms with Crippen LogP contribution in [0.4, 0.5) is 0 Å². The maximum Gasteiger partial charge on any atom is 0.161 e. The van der Waals surface area contributed by atoms with Crippen LogP contribution in [0.5, 0.6) is 0 Å². The second-order valence-electron chi connectivity index (χ2n) is 16.6. The van der Waals surface area contributed by atoms with Gasteiger partial charge in [0.2, 0.25) is 0 Å². The fourth-order valence-electron chi connectivity index (χ4n) is 9.70. The van der Waals surface area contributed by atoms with Crippen LogP contribution in [0.25, 0.3) is 88.8 Å². The lowest BCUT2D eigenvalue weighted by Crippen LogP contribution is -2.14. The van der Waals surface area contributed by atoms with Gasteiger partial charge in [0.25, 0.3) is 0 Å². The minimum Gasteiger partial charge on any atom is -0.228 e. The molecule has 0 spiro atoms. The van der Waals surface area contributed by atoms with Crippen molar-refractivity contribution in [3.05, 3.63) is 192 Å². The third-order valence-corrected chi connectivity index (χ3v) is 12.7. The van der Waals surface area contributed by atoms with Crippen molar-refractivity contribution in [2.75, 3.05) is 0 Å². The van der Waals surface area contributed by atoms with Crippen molar-refractivity contribution in [2.45, 2.75) is 38.5 Å². The van der Waals surface area contributed by atoms with Gasteiger partial charge in [-0.15, -0.1) is 0 Å². The quantitative estimate of drug-likeness (QED) is 0.181. The molecule has 2 nitrogen and oxygen atoms in total. The first-order valence-corrected chi connectivity index (χ1v) is 19.7. The van der Waals surface area contributed by atoms with Crippen molar-refractivity contribution < 1.29 is 0 Å². The van der Waals surface area contributed by atoms with Gasteiger partial charge in [0.1, 0.15) is 0 Å². The average molecular weight is 717 g/mol. The van der Waals surface area contributed by atoms with E-state index < -0.39 is 0 Å². The van der Waals surface area contributed by atoms with Crippen molar-refractivity contribution in [1.82, 2.24) is 9.97 Å². The molecule has 8 aromatic carbocycles. The summed E-state index contributed by atoms with van der Waals surface area (Å²) in [5, 5.41) is 4.90. The maximum atomic E-state index is 5.37. The van der Waals surface area contributed by atoms with Crippen LogP contribution < -0.4 is 0 Å². The highest BCUT2D eigenvalue weighted by Crippen LogP contribution is 2.52. The molecular formula is C54H40N2. The van der Waals surface area contributed by atoms with Crippen molar-refractivity contribution >= 4 is 21.5 Å². The number of hydrogen-bond acceptors (Lipinski definition) is 2. The molecular weight excluding hydrogens is 677 g/mol. The van der Waals surface area contributed by atoms with E-state index in [4.69, 9.17) is 9.97 Å². The number of nitrogens with zero attached hydrogens (tertiary/aromatic N) is 2. The molecule has 0 unspecified atom stereocenters. The van der Waals surface area contributed by atoms with E-state index in [1.54, 1.807) is 0 Å². The molecule has 266 valence electrons. The van der Waals surface area contributed by atoms with Crippen LogP contribution >= 0.6 is 0 Å². The molecule has 1 heterocycles. The summed E-state index contributed by atoms with van der Waals surface area (Å²) in [4.78, 5) is 10.7.